The second-order valence-corrected chi connectivity index (χ2v) is 7.55. The number of benzene rings is 1. The molecule has 1 aromatic carbocycles. The van der Waals surface area contributed by atoms with E-state index >= 15 is 0 Å². The van der Waals surface area contributed by atoms with Crippen LogP contribution in [0.2, 0.25) is 0 Å². The summed E-state index contributed by atoms with van der Waals surface area (Å²) in [6.07, 6.45) is 2.20. The lowest BCUT2D eigenvalue weighted by atomic mass is 10.1. The summed E-state index contributed by atoms with van der Waals surface area (Å²) in [5.41, 5.74) is 5.18. The number of amides is 1. The molecule has 0 radical (unpaired) electrons. The maximum absolute atomic E-state index is 13.3. The third-order valence-electron chi connectivity index (χ3n) is 5.35. The number of hydrogen-bond donors (Lipinski definition) is 1. The molecule has 7 heteroatoms. The first-order valence-electron chi connectivity index (χ1n) is 9.73. The molecule has 5 rings (SSSR count). The minimum absolute atomic E-state index is 0.204. The third kappa shape index (κ3) is 2.99. The van der Waals surface area contributed by atoms with Crippen LogP contribution in [-0.4, -0.2) is 25.8 Å². The quantitative estimate of drug-likeness (QED) is 0.559. The summed E-state index contributed by atoms with van der Waals surface area (Å²) in [4.78, 5) is 18.2. The Labute approximate surface area is 167 Å². The lowest BCUT2D eigenvalue weighted by Crippen LogP contribution is -2.14. The fourth-order valence-electron chi connectivity index (χ4n) is 3.67. The minimum Gasteiger partial charge on any atom is -0.359 e. The number of pyridine rings is 1. The van der Waals surface area contributed by atoms with Gasteiger partial charge >= 0.3 is 0 Å². The van der Waals surface area contributed by atoms with E-state index in [0.717, 1.165) is 35.3 Å². The molecule has 1 fully saturated rings. The van der Waals surface area contributed by atoms with Gasteiger partial charge in [0.2, 0.25) is 0 Å². The molecular formula is C22H21N5O2. The first-order chi connectivity index (χ1) is 14.0. The van der Waals surface area contributed by atoms with Crippen molar-refractivity contribution in [3.8, 4) is 5.69 Å². The second-order valence-electron chi connectivity index (χ2n) is 7.55. The fourth-order valence-corrected chi connectivity index (χ4v) is 3.67. The number of rotatable bonds is 4. The van der Waals surface area contributed by atoms with Crippen LogP contribution in [0.4, 0.5) is 5.69 Å². The zero-order chi connectivity index (χ0) is 20.1. The van der Waals surface area contributed by atoms with Crippen molar-refractivity contribution in [2.75, 3.05) is 5.32 Å². The number of carbonyl (C=O) groups is 1. The van der Waals surface area contributed by atoms with Gasteiger partial charge in [0, 0.05) is 11.6 Å². The summed E-state index contributed by atoms with van der Waals surface area (Å²) in [5.74, 6) is 0.786. The van der Waals surface area contributed by atoms with Crippen molar-refractivity contribution in [1.29, 1.82) is 0 Å². The lowest BCUT2D eigenvalue weighted by molar-refractivity contribution is 0.102. The normalized spacial score (nSPS) is 13.8. The zero-order valence-corrected chi connectivity index (χ0v) is 16.6. The van der Waals surface area contributed by atoms with Gasteiger partial charge in [-0.1, -0.05) is 23.4 Å². The van der Waals surface area contributed by atoms with E-state index < -0.39 is 0 Å². The number of hydrogen-bond acceptors (Lipinski definition) is 5. The molecule has 1 aliphatic rings. The molecule has 1 aliphatic carbocycles. The van der Waals surface area contributed by atoms with Gasteiger partial charge in [0.25, 0.3) is 5.91 Å². The van der Waals surface area contributed by atoms with E-state index in [1.807, 2.05) is 54.9 Å². The average molecular weight is 387 g/mol. The molecule has 29 heavy (non-hydrogen) atoms. The molecule has 0 saturated heterocycles. The second kappa shape index (κ2) is 6.55. The van der Waals surface area contributed by atoms with Gasteiger partial charge < -0.3 is 9.84 Å². The van der Waals surface area contributed by atoms with Crippen molar-refractivity contribution in [2.45, 2.75) is 39.5 Å². The predicted octanol–water partition coefficient (Wildman–Crippen LogP) is 4.46. The number of carbonyl (C=O) groups excluding carboxylic acids is 1. The van der Waals surface area contributed by atoms with Gasteiger partial charge in [-0.25, -0.2) is 9.67 Å². The summed E-state index contributed by atoms with van der Waals surface area (Å²) >= 11 is 0. The van der Waals surface area contributed by atoms with Gasteiger partial charge in [0.15, 0.2) is 11.4 Å². The Morgan fingerprint density at radius 3 is 2.55 bits per heavy atom. The highest BCUT2D eigenvalue weighted by Gasteiger charge is 2.29. The van der Waals surface area contributed by atoms with Crippen LogP contribution < -0.4 is 5.32 Å². The van der Waals surface area contributed by atoms with E-state index in [0.29, 0.717) is 34.3 Å². The highest BCUT2D eigenvalue weighted by atomic mass is 16.5. The molecule has 1 N–H and O–H groups in total. The van der Waals surface area contributed by atoms with Crippen molar-refractivity contribution >= 4 is 22.6 Å². The van der Waals surface area contributed by atoms with Crippen LogP contribution in [0.5, 0.6) is 0 Å². The minimum atomic E-state index is -0.204. The van der Waals surface area contributed by atoms with Crippen LogP contribution in [-0.2, 0) is 0 Å². The molecule has 0 bridgehead atoms. The third-order valence-corrected chi connectivity index (χ3v) is 5.35. The SMILES string of the molecule is Cc1noc(C)c1NC(=O)c1cc(C2CC2)nc2c1c(C)nn2-c1ccccc1. The van der Waals surface area contributed by atoms with Gasteiger partial charge in [-0.15, -0.1) is 0 Å². The van der Waals surface area contributed by atoms with Gasteiger partial charge in [-0.05, 0) is 51.8 Å². The Hall–Kier alpha value is -3.48. The van der Waals surface area contributed by atoms with Crippen molar-refractivity contribution in [3.63, 3.8) is 0 Å². The molecule has 1 saturated carbocycles. The molecule has 0 atom stereocenters. The van der Waals surface area contributed by atoms with Crippen LogP contribution >= 0.6 is 0 Å². The first kappa shape index (κ1) is 17.6. The lowest BCUT2D eigenvalue weighted by Gasteiger charge is -2.09. The molecule has 0 spiro atoms. The molecule has 1 amide bonds. The number of nitrogens with zero attached hydrogens (tertiary/aromatic N) is 4. The number of aromatic nitrogens is 4. The van der Waals surface area contributed by atoms with E-state index in [1.54, 1.807) is 6.92 Å². The van der Waals surface area contributed by atoms with Gasteiger partial charge in [0.1, 0.15) is 11.4 Å². The van der Waals surface area contributed by atoms with Crippen molar-refractivity contribution in [2.24, 2.45) is 0 Å². The fraction of sp³-hybridized carbons (Fsp3) is 0.273. The van der Waals surface area contributed by atoms with Crippen LogP contribution in [0.25, 0.3) is 16.7 Å². The van der Waals surface area contributed by atoms with E-state index in [1.165, 1.54) is 0 Å². The Bertz CT molecular complexity index is 1220. The van der Waals surface area contributed by atoms with Crippen LogP contribution in [0.1, 0.15) is 52.0 Å². The van der Waals surface area contributed by atoms with E-state index in [2.05, 4.69) is 10.5 Å². The monoisotopic (exact) mass is 387 g/mol. The molecular weight excluding hydrogens is 366 g/mol. The van der Waals surface area contributed by atoms with Gasteiger partial charge in [-0.2, -0.15) is 5.10 Å². The molecule has 7 nitrogen and oxygen atoms in total. The van der Waals surface area contributed by atoms with E-state index in [9.17, 15) is 4.79 Å². The van der Waals surface area contributed by atoms with E-state index in [4.69, 9.17) is 14.6 Å². The maximum Gasteiger partial charge on any atom is 0.256 e. The summed E-state index contributed by atoms with van der Waals surface area (Å²) in [6, 6.07) is 11.8. The van der Waals surface area contributed by atoms with Gasteiger partial charge in [0.05, 0.1) is 22.3 Å². The van der Waals surface area contributed by atoms with Crippen molar-refractivity contribution in [3.05, 3.63) is 64.8 Å². The number of nitrogens with one attached hydrogen (secondary N) is 1. The maximum atomic E-state index is 13.3. The predicted molar refractivity (Wildman–Crippen MR) is 110 cm³/mol. The Balaban J connectivity index is 1.68. The Morgan fingerprint density at radius 1 is 1.14 bits per heavy atom. The van der Waals surface area contributed by atoms with Crippen LogP contribution in [0.15, 0.2) is 40.9 Å². The molecule has 3 heterocycles. The molecule has 0 unspecified atom stereocenters. The number of aryl methyl sites for hydroxylation is 3. The van der Waals surface area contributed by atoms with Crippen molar-refractivity contribution in [1.82, 2.24) is 19.9 Å². The van der Waals surface area contributed by atoms with Crippen LogP contribution in [0.3, 0.4) is 0 Å². The Morgan fingerprint density at radius 2 is 1.90 bits per heavy atom. The smallest absolute Gasteiger partial charge is 0.256 e. The highest BCUT2D eigenvalue weighted by Crippen LogP contribution is 2.41. The summed E-state index contributed by atoms with van der Waals surface area (Å²) in [7, 11) is 0. The van der Waals surface area contributed by atoms with Crippen LogP contribution in [0, 0.1) is 20.8 Å². The first-order valence-corrected chi connectivity index (χ1v) is 9.73. The summed E-state index contributed by atoms with van der Waals surface area (Å²) in [6.45, 7) is 5.50. The topological polar surface area (TPSA) is 85.8 Å². The highest BCUT2D eigenvalue weighted by molar-refractivity contribution is 6.13. The average Bonchev–Trinajstić information content (AvgIpc) is 3.47. The standard InChI is InChI=1S/C22H21N5O2/c1-12-19-17(22(28)24-20-13(2)26-29-14(20)3)11-18(15-9-10-15)23-21(19)27(25-12)16-7-5-4-6-8-16/h4-8,11,15H,9-10H2,1-3H3,(H,24,28). The van der Waals surface area contributed by atoms with Crippen molar-refractivity contribution < 1.29 is 9.32 Å². The van der Waals surface area contributed by atoms with E-state index in [-0.39, 0.29) is 5.91 Å². The molecule has 146 valence electrons. The largest absolute Gasteiger partial charge is 0.359 e. The van der Waals surface area contributed by atoms with Gasteiger partial charge in [-0.3, -0.25) is 4.79 Å². The number of fused-ring (bicyclic) bond motifs is 1. The summed E-state index contributed by atoms with van der Waals surface area (Å²) < 4.78 is 7.01. The molecule has 0 aliphatic heterocycles. The Kier molecular flexibility index (Phi) is 3.97. The zero-order valence-electron chi connectivity index (χ0n) is 16.6. The number of para-hydroxylation sites is 1. The number of anilines is 1. The molecule has 3 aromatic heterocycles. The molecule has 4 aromatic rings. The summed E-state index contributed by atoms with van der Waals surface area (Å²) in [5, 5.41) is 12.4.